The number of hydrogen-bond donors (Lipinski definition) is 2. The van der Waals surface area contributed by atoms with Crippen molar-refractivity contribution in [1.82, 2.24) is 5.43 Å². The van der Waals surface area contributed by atoms with Gasteiger partial charge in [-0.3, -0.25) is 15.2 Å². The van der Waals surface area contributed by atoms with E-state index < -0.39 is 0 Å². The first-order valence-corrected chi connectivity index (χ1v) is 6.64. The van der Waals surface area contributed by atoms with E-state index in [9.17, 15) is 4.79 Å². The van der Waals surface area contributed by atoms with E-state index in [0.717, 1.165) is 25.1 Å². The Morgan fingerprint density at radius 3 is 2.61 bits per heavy atom. The van der Waals surface area contributed by atoms with Gasteiger partial charge in [-0.05, 0) is 24.5 Å². The van der Waals surface area contributed by atoms with Crippen molar-refractivity contribution < 1.29 is 4.79 Å². The SMILES string of the molecule is NC1(c2ccccc2N2CCC(=O)N2)CCCC1. The number of anilines is 1. The van der Waals surface area contributed by atoms with E-state index in [1.807, 2.05) is 23.2 Å². The van der Waals surface area contributed by atoms with Crippen molar-refractivity contribution >= 4 is 11.6 Å². The lowest BCUT2D eigenvalue weighted by molar-refractivity contribution is -0.119. The van der Waals surface area contributed by atoms with Crippen LogP contribution >= 0.6 is 0 Å². The maximum atomic E-state index is 11.4. The van der Waals surface area contributed by atoms with Crippen molar-refractivity contribution in [3.63, 3.8) is 0 Å². The molecule has 1 amide bonds. The zero-order valence-electron chi connectivity index (χ0n) is 10.5. The van der Waals surface area contributed by atoms with Gasteiger partial charge < -0.3 is 5.73 Å². The van der Waals surface area contributed by atoms with E-state index in [1.54, 1.807) is 0 Å². The normalized spacial score (nSPS) is 22.3. The summed E-state index contributed by atoms with van der Waals surface area (Å²) < 4.78 is 0. The van der Waals surface area contributed by atoms with Gasteiger partial charge >= 0.3 is 0 Å². The van der Waals surface area contributed by atoms with Crippen LogP contribution in [0, 0.1) is 0 Å². The number of para-hydroxylation sites is 1. The second-order valence-electron chi connectivity index (χ2n) is 5.32. The standard InChI is InChI=1S/C14H19N3O/c15-14(8-3-4-9-14)11-5-1-2-6-12(11)17-10-7-13(18)16-17/h1-2,5-6H,3-4,7-10,15H2,(H,16,18). The molecule has 18 heavy (non-hydrogen) atoms. The smallest absolute Gasteiger partial charge is 0.240 e. The van der Waals surface area contributed by atoms with E-state index in [0.29, 0.717) is 6.42 Å². The van der Waals surface area contributed by atoms with E-state index in [4.69, 9.17) is 5.73 Å². The number of carbonyl (C=O) groups is 1. The van der Waals surface area contributed by atoms with E-state index >= 15 is 0 Å². The highest BCUT2D eigenvalue weighted by Gasteiger charge is 2.35. The van der Waals surface area contributed by atoms with Crippen LogP contribution in [0.4, 0.5) is 5.69 Å². The fraction of sp³-hybridized carbons (Fsp3) is 0.500. The fourth-order valence-electron chi connectivity index (χ4n) is 3.06. The van der Waals surface area contributed by atoms with Crippen molar-refractivity contribution in [2.24, 2.45) is 5.73 Å². The molecule has 2 fully saturated rings. The molecule has 96 valence electrons. The third kappa shape index (κ3) is 1.86. The number of nitrogens with zero attached hydrogens (tertiary/aromatic N) is 1. The number of nitrogens with one attached hydrogen (secondary N) is 1. The van der Waals surface area contributed by atoms with Gasteiger partial charge in [0.2, 0.25) is 5.91 Å². The number of nitrogens with two attached hydrogens (primary N) is 1. The highest BCUT2D eigenvalue weighted by molar-refractivity contribution is 5.82. The molecule has 3 rings (SSSR count). The summed E-state index contributed by atoms with van der Waals surface area (Å²) in [6.45, 7) is 0.728. The minimum atomic E-state index is -0.218. The Morgan fingerprint density at radius 1 is 1.22 bits per heavy atom. The average molecular weight is 245 g/mol. The predicted molar refractivity (Wildman–Crippen MR) is 70.9 cm³/mol. The molecule has 0 atom stereocenters. The quantitative estimate of drug-likeness (QED) is 0.833. The van der Waals surface area contributed by atoms with Gasteiger partial charge in [0.05, 0.1) is 5.69 Å². The van der Waals surface area contributed by atoms with Crippen LogP contribution in [-0.4, -0.2) is 12.5 Å². The third-order valence-corrected chi connectivity index (χ3v) is 4.05. The van der Waals surface area contributed by atoms with Crippen LogP contribution in [0.5, 0.6) is 0 Å². The molecule has 0 bridgehead atoms. The first-order valence-electron chi connectivity index (χ1n) is 6.64. The zero-order chi connectivity index (χ0) is 12.6. The van der Waals surface area contributed by atoms with E-state index in [2.05, 4.69) is 11.5 Å². The number of amides is 1. The lowest BCUT2D eigenvalue weighted by Gasteiger charge is -2.30. The Hall–Kier alpha value is -1.55. The van der Waals surface area contributed by atoms with Crippen LogP contribution in [-0.2, 0) is 10.3 Å². The maximum Gasteiger partial charge on any atom is 0.240 e. The van der Waals surface area contributed by atoms with Gasteiger partial charge in [-0.2, -0.15) is 0 Å². The summed E-state index contributed by atoms with van der Waals surface area (Å²) in [7, 11) is 0. The molecule has 0 unspecified atom stereocenters. The molecule has 0 aromatic heterocycles. The molecule has 3 N–H and O–H groups in total. The van der Waals surface area contributed by atoms with Gasteiger partial charge in [0.25, 0.3) is 0 Å². The number of benzene rings is 1. The molecular weight excluding hydrogens is 226 g/mol. The predicted octanol–water partition coefficient (Wildman–Crippen LogP) is 1.66. The monoisotopic (exact) mass is 245 g/mol. The van der Waals surface area contributed by atoms with E-state index in [-0.39, 0.29) is 11.4 Å². The molecule has 1 aromatic carbocycles. The zero-order valence-corrected chi connectivity index (χ0v) is 10.5. The van der Waals surface area contributed by atoms with Crippen LogP contribution < -0.4 is 16.2 Å². The fourth-order valence-corrected chi connectivity index (χ4v) is 3.06. The summed E-state index contributed by atoms with van der Waals surface area (Å²) in [5.41, 5.74) is 11.4. The van der Waals surface area contributed by atoms with Crippen molar-refractivity contribution in [3.05, 3.63) is 29.8 Å². The molecule has 2 aliphatic rings. The number of carbonyl (C=O) groups excluding carboxylic acids is 1. The van der Waals surface area contributed by atoms with Gasteiger partial charge in [-0.25, -0.2) is 0 Å². The summed E-state index contributed by atoms with van der Waals surface area (Å²) >= 11 is 0. The largest absolute Gasteiger partial charge is 0.321 e. The maximum absolute atomic E-state index is 11.4. The second-order valence-corrected chi connectivity index (χ2v) is 5.32. The van der Waals surface area contributed by atoms with Gasteiger partial charge in [-0.1, -0.05) is 31.0 Å². The minimum Gasteiger partial charge on any atom is -0.321 e. The number of hydrogen-bond acceptors (Lipinski definition) is 3. The third-order valence-electron chi connectivity index (χ3n) is 4.05. The molecule has 1 heterocycles. The topological polar surface area (TPSA) is 58.4 Å². The van der Waals surface area contributed by atoms with Gasteiger partial charge in [0.1, 0.15) is 0 Å². The van der Waals surface area contributed by atoms with Crippen LogP contribution in [0.2, 0.25) is 0 Å². The minimum absolute atomic E-state index is 0.0855. The van der Waals surface area contributed by atoms with Crippen LogP contribution in [0.25, 0.3) is 0 Å². The van der Waals surface area contributed by atoms with Crippen LogP contribution in [0.3, 0.4) is 0 Å². The molecular formula is C14H19N3O. The highest BCUT2D eigenvalue weighted by Crippen LogP contribution is 2.40. The van der Waals surface area contributed by atoms with Crippen LogP contribution in [0.1, 0.15) is 37.7 Å². The lowest BCUT2D eigenvalue weighted by Crippen LogP contribution is -2.39. The Kier molecular flexibility index (Phi) is 2.74. The summed E-state index contributed by atoms with van der Waals surface area (Å²) in [6.07, 6.45) is 5.01. The molecule has 1 aliphatic carbocycles. The van der Waals surface area contributed by atoms with Gasteiger partial charge in [0.15, 0.2) is 0 Å². The van der Waals surface area contributed by atoms with Crippen molar-refractivity contribution in [3.8, 4) is 0 Å². The first-order chi connectivity index (χ1) is 8.69. The molecule has 4 heteroatoms. The van der Waals surface area contributed by atoms with Crippen molar-refractivity contribution in [2.45, 2.75) is 37.6 Å². The van der Waals surface area contributed by atoms with Crippen molar-refractivity contribution in [1.29, 1.82) is 0 Å². The molecule has 1 saturated heterocycles. The van der Waals surface area contributed by atoms with Crippen LogP contribution in [0.15, 0.2) is 24.3 Å². The second kappa shape index (κ2) is 4.28. The number of hydrazine groups is 1. The summed E-state index contributed by atoms with van der Waals surface area (Å²) in [5.74, 6) is 0.0855. The Morgan fingerprint density at radius 2 is 1.94 bits per heavy atom. The summed E-state index contributed by atoms with van der Waals surface area (Å²) in [6, 6.07) is 8.18. The molecule has 4 nitrogen and oxygen atoms in total. The van der Waals surface area contributed by atoms with Gasteiger partial charge in [-0.15, -0.1) is 0 Å². The molecule has 1 aromatic rings. The van der Waals surface area contributed by atoms with Crippen molar-refractivity contribution in [2.75, 3.05) is 11.6 Å². The Balaban J connectivity index is 1.97. The van der Waals surface area contributed by atoms with E-state index in [1.165, 1.54) is 18.4 Å². The Labute approximate surface area is 107 Å². The first kappa shape index (κ1) is 11.5. The Bertz CT molecular complexity index is 466. The lowest BCUT2D eigenvalue weighted by atomic mass is 9.88. The summed E-state index contributed by atoms with van der Waals surface area (Å²) in [5, 5.41) is 1.94. The highest BCUT2D eigenvalue weighted by atomic mass is 16.2. The number of rotatable bonds is 2. The molecule has 0 spiro atoms. The molecule has 1 aliphatic heterocycles. The van der Waals surface area contributed by atoms with Gasteiger partial charge in [0, 0.05) is 18.5 Å². The average Bonchev–Trinajstić information content (AvgIpc) is 2.99. The summed E-state index contributed by atoms with van der Waals surface area (Å²) in [4.78, 5) is 11.4. The molecule has 0 radical (unpaired) electrons. The molecule has 1 saturated carbocycles.